The number of unbranched alkanes of at least 4 members (excludes halogenated alkanes) is 3. The lowest BCUT2D eigenvalue weighted by Gasteiger charge is -2.22. The van der Waals surface area contributed by atoms with Crippen molar-refractivity contribution in [3.8, 4) is 11.8 Å². The molecule has 0 unspecified atom stereocenters. The van der Waals surface area contributed by atoms with E-state index in [0.29, 0.717) is 38.2 Å². The normalized spacial score (nSPS) is 15.9. The van der Waals surface area contributed by atoms with Gasteiger partial charge in [0.25, 0.3) is 11.8 Å². The summed E-state index contributed by atoms with van der Waals surface area (Å²) in [5.74, 6) is 1.33. The highest BCUT2D eigenvalue weighted by atomic mass is 32.1. The van der Waals surface area contributed by atoms with Crippen LogP contribution in [0.2, 0.25) is 0 Å². The molecule has 0 spiro atoms. The number of hydrogen-bond donors (Lipinski definition) is 1. The SMILES string of the molecule is CCCCCCOc1nsnc1C1=CCCNC1.COCCOCCOc1nsnc1C1=CCCN(C)C1. The maximum Gasteiger partial charge on any atom is 0.253 e. The molecular weight excluding hydrogens is 524 g/mol. The summed E-state index contributed by atoms with van der Waals surface area (Å²) >= 11 is 2.42. The Morgan fingerprint density at radius 3 is 2.24 bits per heavy atom. The molecule has 4 rings (SSSR count). The van der Waals surface area contributed by atoms with E-state index in [0.717, 1.165) is 63.4 Å². The Morgan fingerprint density at radius 1 is 0.842 bits per heavy atom. The molecule has 0 aromatic carbocycles. The van der Waals surface area contributed by atoms with Crippen LogP contribution in [0.15, 0.2) is 12.2 Å². The van der Waals surface area contributed by atoms with Gasteiger partial charge in [-0.3, -0.25) is 0 Å². The van der Waals surface area contributed by atoms with E-state index in [-0.39, 0.29) is 0 Å². The molecule has 38 heavy (non-hydrogen) atoms. The molecule has 2 aromatic rings. The second-order valence-electron chi connectivity index (χ2n) is 9.15. The van der Waals surface area contributed by atoms with Crippen molar-refractivity contribution in [3.05, 3.63) is 23.5 Å². The third kappa shape index (κ3) is 10.7. The van der Waals surface area contributed by atoms with Crippen LogP contribution in [0.25, 0.3) is 11.1 Å². The van der Waals surface area contributed by atoms with Crippen molar-refractivity contribution in [1.29, 1.82) is 0 Å². The van der Waals surface area contributed by atoms with Gasteiger partial charge in [0.2, 0.25) is 0 Å². The third-order valence-corrected chi connectivity index (χ3v) is 7.05. The Morgan fingerprint density at radius 2 is 1.55 bits per heavy atom. The van der Waals surface area contributed by atoms with Crippen LogP contribution < -0.4 is 14.8 Å². The van der Waals surface area contributed by atoms with Gasteiger partial charge >= 0.3 is 0 Å². The third-order valence-electron chi connectivity index (χ3n) is 6.03. The first-order valence-electron chi connectivity index (χ1n) is 13.5. The van der Waals surface area contributed by atoms with Gasteiger partial charge in [-0.25, -0.2) is 0 Å². The van der Waals surface area contributed by atoms with Gasteiger partial charge in [0, 0.05) is 26.7 Å². The van der Waals surface area contributed by atoms with Crippen LogP contribution in [0.4, 0.5) is 0 Å². The Labute approximate surface area is 235 Å². The summed E-state index contributed by atoms with van der Waals surface area (Å²) < 4.78 is 38.8. The van der Waals surface area contributed by atoms with Crippen molar-refractivity contribution in [2.75, 3.05) is 73.4 Å². The zero-order valence-electron chi connectivity index (χ0n) is 22.9. The van der Waals surface area contributed by atoms with Gasteiger partial charge in [-0.1, -0.05) is 38.3 Å². The van der Waals surface area contributed by atoms with Gasteiger partial charge in [-0.05, 0) is 44.0 Å². The van der Waals surface area contributed by atoms with E-state index >= 15 is 0 Å². The van der Waals surface area contributed by atoms with Gasteiger partial charge in [-0.15, -0.1) is 8.75 Å². The summed E-state index contributed by atoms with van der Waals surface area (Å²) in [4.78, 5) is 2.27. The van der Waals surface area contributed by atoms with Gasteiger partial charge in [0.05, 0.1) is 49.9 Å². The molecule has 0 radical (unpaired) electrons. The molecule has 1 N–H and O–H groups in total. The zero-order chi connectivity index (χ0) is 26.8. The molecule has 2 aliphatic heterocycles. The Kier molecular flexibility index (Phi) is 14.8. The fourth-order valence-electron chi connectivity index (χ4n) is 3.97. The van der Waals surface area contributed by atoms with E-state index in [2.05, 4.69) is 53.8 Å². The summed E-state index contributed by atoms with van der Waals surface area (Å²) in [6.45, 7) is 9.05. The second-order valence-corrected chi connectivity index (χ2v) is 10.2. The van der Waals surface area contributed by atoms with Crippen LogP contribution in [0.5, 0.6) is 11.8 Å². The highest BCUT2D eigenvalue weighted by Crippen LogP contribution is 2.27. The van der Waals surface area contributed by atoms with Crippen LogP contribution in [0.1, 0.15) is 56.8 Å². The van der Waals surface area contributed by atoms with E-state index in [4.69, 9.17) is 18.9 Å². The first-order chi connectivity index (χ1) is 18.7. The van der Waals surface area contributed by atoms with E-state index in [9.17, 15) is 0 Å². The number of aromatic nitrogens is 4. The van der Waals surface area contributed by atoms with Gasteiger partial charge in [0.1, 0.15) is 18.0 Å². The van der Waals surface area contributed by atoms with Gasteiger partial charge in [-0.2, -0.15) is 8.75 Å². The minimum absolute atomic E-state index is 0.477. The smallest absolute Gasteiger partial charge is 0.253 e. The van der Waals surface area contributed by atoms with Crippen LogP contribution in [0, 0.1) is 0 Å². The molecule has 0 atom stereocenters. The monoisotopic (exact) mass is 566 g/mol. The molecule has 0 saturated carbocycles. The molecule has 12 heteroatoms. The van der Waals surface area contributed by atoms with Crippen molar-refractivity contribution >= 4 is 34.6 Å². The van der Waals surface area contributed by atoms with Crippen LogP contribution in [-0.4, -0.2) is 95.8 Å². The average Bonchev–Trinajstić information content (AvgIpc) is 3.61. The minimum atomic E-state index is 0.477. The summed E-state index contributed by atoms with van der Waals surface area (Å²) in [7, 11) is 3.76. The van der Waals surface area contributed by atoms with Crippen LogP contribution in [0.3, 0.4) is 0 Å². The fraction of sp³-hybridized carbons (Fsp3) is 0.692. The Hall–Kier alpha value is -1.96. The number of nitrogens with zero attached hydrogens (tertiary/aromatic N) is 5. The van der Waals surface area contributed by atoms with Crippen molar-refractivity contribution in [3.63, 3.8) is 0 Å². The van der Waals surface area contributed by atoms with Crippen LogP contribution in [-0.2, 0) is 9.47 Å². The lowest BCUT2D eigenvalue weighted by molar-refractivity contribution is 0.0537. The lowest BCUT2D eigenvalue weighted by atomic mass is 10.1. The highest BCUT2D eigenvalue weighted by molar-refractivity contribution is 6.99. The van der Waals surface area contributed by atoms with E-state index < -0.39 is 0 Å². The number of likely N-dealkylation sites (N-methyl/N-ethyl adjacent to an activating group) is 1. The standard InChI is InChI=1S/C13H21N3O3S.C13H21N3OS/c1-16-5-3-4-11(10-16)12-13(15-20-14-12)19-9-8-18-7-6-17-2;1-2-3-4-5-9-17-13-12(15-18-16-13)11-7-6-8-14-10-11/h4H,3,5-10H2,1-2H3;7,14H,2-6,8-10H2,1H3. The molecule has 212 valence electrons. The number of ether oxygens (including phenoxy) is 4. The number of methoxy groups -OCH3 is 1. The van der Waals surface area contributed by atoms with Crippen LogP contribution >= 0.6 is 23.5 Å². The van der Waals surface area contributed by atoms with Gasteiger partial charge < -0.3 is 29.2 Å². The Balaban J connectivity index is 0.000000212. The lowest BCUT2D eigenvalue weighted by Crippen LogP contribution is -2.25. The molecule has 2 aliphatic rings. The van der Waals surface area contributed by atoms with Crippen molar-refractivity contribution < 1.29 is 18.9 Å². The first kappa shape index (κ1) is 30.6. The molecule has 4 heterocycles. The quantitative estimate of drug-likeness (QED) is 0.316. The second kappa shape index (κ2) is 18.3. The summed E-state index contributed by atoms with van der Waals surface area (Å²) in [6, 6.07) is 0. The largest absolute Gasteiger partial charge is 0.475 e. The summed E-state index contributed by atoms with van der Waals surface area (Å²) in [6.07, 6.45) is 11.4. The molecule has 0 bridgehead atoms. The molecule has 0 amide bonds. The molecule has 0 saturated heterocycles. The molecular formula is C26H42N6O4S2. The number of hydrogen-bond acceptors (Lipinski definition) is 12. The van der Waals surface area contributed by atoms with Crippen molar-refractivity contribution in [1.82, 2.24) is 27.7 Å². The maximum atomic E-state index is 5.75. The summed E-state index contributed by atoms with van der Waals surface area (Å²) in [5.41, 5.74) is 4.22. The van der Waals surface area contributed by atoms with Crippen molar-refractivity contribution in [2.24, 2.45) is 0 Å². The Bertz CT molecular complexity index is 981. The van der Waals surface area contributed by atoms with Crippen molar-refractivity contribution in [2.45, 2.75) is 45.4 Å². The van der Waals surface area contributed by atoms with Gasteiger partial charge in [0.15, 0.2) is 0 Å². The molecule has 2 aromatic heterocycles. The minimum Gasteiger partial charge on any atom is -0.475 e. The summed E-state index contributed by atoms with van der Waals surface area (Å²) in [5, 5.41) is 3.35. The molecule has 0 fully saturated rings. The average molecular weight is 567 g/mol. The topological polar surface area (TPSA) is 104 Å². The van der Waals surface area contributed by atoms with E-state index in [1.54, 1.807) is 7.11 Å². The first-order valence-corrected chi connectivity index (χ1v) is 14.9. The molecule has 10 nitrogen and oxygen atoms in total. The van der Waals surface area contributed by atoms with E-state index in [1.165, 1.54) is 53.9 Å². The molecule has 0 aliphatic carbocycles. The maximum absolute atomic E-state index is 5.75. The number of nitrogens with one attached hydrogen (secondary N) is 1. The highest BCUT2D eigenvalue weighted by Gasteiger charge is 2.18. The number of rotatable bonds is 15. The zero-order valence-corrected chi connectivity index (χ0v) is 24.6. The fourth-order valence-corrected chi connectivity index (χ4v) is 5.03. The predicted octanol–water partition coefficient (Wildman–Crippen LogP) is 4.17. The van der Waals surface area contributed by atoms with E-state index in [1.807, 2.05) is 0 Å². The predicted molar refractivity (Wildman–Crippen MR) is 153 cm³/mol.